The largest absolute Gasteiger partial charge is 0.367 e. The highest BCUT2D eigenvalue weighted by molar-refractivity contribution is 7.91. The quantitative estimate of drug-likeness (QED) is 0.892. The monoisotopic (exact) mass is 344 g/mol. The third-order valence-corrected chi connectivity index (χ3v) is 6.16. The Hall–Kier alpha value is -1.70. The van der Waals surface area contributed by atoms with E-state index in [0.717, 1.165) is 6.07 Å². The van der Waals surface area contributed by atoms with Crippen molar-refractivity contribution in [3.63, 3.8) is 0 Å². The number of hydrogen-bond acceptors (Lipinski definition) is 4. The van der Waals surface area contributed by atoms with Gasteiger partial charge in [0.15, 0.2) is 9.84 Å². The van der Waals surface area contributed by atoms with E-state index in [4.69, 9.17) is 0 Å². The second-order valence-electron chi connectivity index (χ2n) is 6.14. The number of carbonyl (C=O) groups is 1. The second kappa shape index (κ2) is 6.07. The van der Waals surface area contributed by atoms with Gasteiger partial charge in [0.1, 0.15) is 11.6 Å². The lowest BCUT2D eigenvalue weighted by Gasteiger charge is -2.20. The normalized spacial score (nSPS) is 26.4. The van der Waals surface area contributed by atoms with Crippen LogP contribution in [0.3, 0.4) is 0 Å². The van der Waals surface area contributed by atoms with Gasteiger partial charge in [0, 0.05) is 25.2 Å². The molecular formula is C15H18F2N2O3S. The van der Waals surface area contributed by atoms with E-state index < -0.39 is 27.4 Å². The summed E-state index contributed by atoms with van der Waals surface area (Å²) in [5, 5.41) is 2.85. The SMILES string of the molecule is O=C(N[C@@H]1CCN(c2ccc(F)cc2F)C1)[C@@H]1CCS(=O)(=O)C1. The van der Waals surface area contributed by atoms with Crippen LogP contribution in [0.15, 0.2) is 18.2 Å². The predicted molar refractivity (Wildman–Crippen MR) is 81.9 cm³/mol. The van der Waals surface area contributed by atoms with E-state index in [9.17, 15) is 22.0 Å². The highest BCUT2D eigenvalue weighted by atomic mass is 32.2. The van der Waals surface area contributed by atoms with Crippen LogP contribution in [0.1, 0.15) is 12.8 Å². The molecule has 0 unspecified atom stereocenters. The summed E-state index contributed by atoms with van der Waals surface area (Å²) >= 11 is 0. The maximum Gasteiger partial charge on any atom is 0.224 e. The van der Waals surface area contributed by atoms with Crippen LogP contribution in [-0.2, 0) is 14.6 Å². The third kappa shape index (κ3) is 3.63. The molecule has 23 heavy (non-hydrogen) atoms. The minimum Gasteiger partial charge on any atom is -0.367 e. The van der Waals surface area contributed by atoms with Crippen molar-refractivity contribution in [1.82, 2.24) is 5.32 Å². The Morgan fingerprint density at radius 3 is 2.70 bits per heavy atom. The van der Waals surface area contributed by atoms with Gasteiger partial charge < -0.3 is 10.2 Å². The summed E-state index contributed by atoms with van der Waals surface area (Å²) in [6, 6.07) is 3.27. The maximum atomic E-state index is 13.8. The zero-order chi connectivity index (χ0) is 16.6. The van der Waals surface area contributed by atoms with Crippen molar-refractivity contribution in [1.29, 1.82) is 0 Å². The van der Waals surface area contributed by atoms with Crippen molar-refractivity contribution >= 4 is 21.4 Å². The Bertz CT molecular complexity index is 723. The van der Waals surface area contributed by atoms with Crippen LogP contribution in [-0.4, -0.2) is 45.0 Å². The molecule has 1 amide bonds. The summed E-state index contributed by atoms with van der Waals surface area (Å²) in [5.41, 5.74) is 0.312. The zero-order valence-electron chi connectivity index (χ0n) is 12.5. The van der Waals surface area contributed by atoms with E-state index >= 15 is 0 Å². The minimum atomic E-state index is -3.09. The number of rotatable bonds is 3. The van der Waals surface area contributed by atoms with Gasteiger partial charge in [0.05, 0.1) is 23.1 Å². The molecule has 8 heteroatoms. The van der Waals surface area contributed by atoms with E-state index in [0.29, 0.717) is 31.6 Å². The number of benzene rings is 1. The lowest BCUT2D eigenvalue weighted by Crippen LogP contribution is -2.41. The molecule has 2 fully saturated rings. The number of anilines is 1. The average Bonchev–Trinajstić information content (AvgIpc) is 3.05. The molecule has 1 aromatic carbocycles. The lowest BCUT2D eigenvalue weighted by molar-refractivity contribution is -0.124. The Morgan fingerprint density at radius 1 is 1.26 bits per heavy atom. The van der Waals surface area contributed by atoms with Crippen LogP contribution < -0.4 is 10.2 Å². The standard InChI is InChI=1S/C15H18F2N2O3S/c16-11-1-2-14(13(17)7-11)19-5-3-12(8-19)18-15(20)10-4-6-23(21,22)9-10/h1-2,7,10,12H,3-6,8-9H2,(H,18,20)/t10-,12-/m1/s1. The van der Waals surface area contributed by atoms with E-state index in [1.165, 1.54) is 12.1 Å². The molecule has 5 nitrogen and oxygen atoms in total. The van der Waals surface area contributed by atoms with E-state index in [2.05, 4.69) is 5.32 Å². The fourth-order valence-corrected chi connectivity index (χ4v) is 4.90. The topological polar surface area (TPSA) is 66.5 Å². The molecule has 2 saturated heterocycles. The van der Waals surface area contributed by atoms with Gasteiger partial charge in [0.25, 0.3) is 0 Å². The van der Waals surface area contributed by atoms with Crippen LogP contribution in [0.5, 0.6) is 0 Å². The first-order valence-electron chi connectivity index (χ1n) is 7.55. The molecule has 126 valence electrons. The average molecular weight is 344 g/mol. The molecule has 1 aromatic rings. The van der Waals surface area contributed by atoms with Gasteiger partial charge in [-0.05, 0) is 25.0 Å². The lowest BCUT2D eigenvalue weighted by atomic mass is 10.1. The molecule has 2 heterocycles. The molecule has 0 aliphatic carbocycles. The second-order valence-corrected chi connectivity index (χ2v) is 8.36. The number of sulfone groups is 1. The van der Waals surface area contributed by atoms with Gasteiger partial charge in [-0.15, -0.1) is 0 Å². The Labute approximate surface area is 133 Å². The van der Waals surface area contributed by atoms with Crippen molar-refractivity contribution in [2.45, 2.75) is 18.9 Å². The van der Waals surface area contributed by atoms with E-state index in [-0.39, 0.29) is 23.5 Å². The summed E-state index contributed by atoms with van der Waals surface area (Å²) in [4.78, 5) is 13.9. The first kappa shape index (κ1) is 16.2. The van der Waals surface area contributed by atoms with Gasteiger partial charge in [-0.25, -0.2) is 17.2 Å². The summed E-state index contributed by atoms with van der Waals surface area (Å²) in [6.45, 7) is 0.976. The highest BCUT2D eigenvalue weighted by Crippen LogP contribution is 2.25. The number of nitrogens with one attached hydrogen (secondary N) is 1. The van der Waals surface area contributed by atoms with Crippen molar-refractivity contribution in [2.75, 3.05) is 29.5 Å². The van der Waals surface area contributed by atoms with Crippen molar-refractivity contribution < 1.29 is 22.0 Å². The molecule has 0 aromatic heterocycles. The van der Waals surface area contributed by atoms with Crippen LogP contribution in [0.4, 0.5) is 14.5 Å². The summed E-state index contributed by atoms with van der Waals surface area (Å²) in [6.07, 6.45) is 0.999. The molecule has 2 aliphatic heterocycles. The van der Waals surface area contributed by atoms with Gasteiger partial charge >= 0.3 is 0 Å². The molecule has 2 aliphatic rings. The molecule has 0 radical (unpaired) electrons. The van der Waals surface area contributed by atoms with E-state index in [1.807, 2.05) is 0 Å². The molecule has 3 rings (SSSR count). The Kier molecular flexibility index (Phi) is 4.27. The van der Waals surface area contributed by atoms with Gasteiger partial charge in [-0.3, -0.25) is 4.79 Å². The Morgan fingerprint density at radius 2 is 2.04 bits per heavy atom. The van der Waals surface area contributed by atoms with E-state index in [1.54, 1.807) is 4.90 Å². The van der Waals surface area contributed by atoms with Crippen LogP contribution in [0.25, 0.3) is 0 Å². The molecule has 2 atom stereocenters. The van der Waals surface area contributed by atoms with Crippen molar-refractivity contribution in [3.8, 4) is 0 Å². The number of amides is 1. The van der Waals surface area contributed by atoms with Crippen LogP contribution >= 0.6 is 0 Å². The first-order chi connectivity index (χ1) is 10.8. The maximum absolute atomic E-state index is 13.8. The summed E-state index contributed by atoms with van der Waals surface area (Å²) in [5.74, 6) is -2.03. The minimum absolute atomic E-state index is 0.0582. The van der Waals surface area contributed by atoms with Crippen molar-refractivity contribution in [2.24, 2.45) is 5.92 Å². The Balaban J connectivity index is 1.59. The molecule has 1 N–H and O–H groups in total. The van der Waals surface area contributed by atoms with Crippen LogP contribution in [0, 0.1) is 17.6 Å². The molecule has 0 spiro atoms. The highest BCUT2D eigenvalue weighted by Gasteiger charge is 2.35. The van der Waals surface area contributed by atoms with Crippen molar-refractivity contribution in [3.05, 3.63) is 29.8 Å². The molecule has 0 bridgehead atoms. The first-order valence-corrected chi connectivity index (χ1v) is 9.37. The number of nitrogens with zero attached hydrogens (tertiary/aromatic N) is 1. The van der Waals surface area contributed by atoms with Gasteiger partial charge in [0.2, 0.25) is 5.91 Å². The van der Waals surface area contributed by atoms with Crippen LogP contribution in [0.2, 0.25) is 0 Å². The fraction of sp³-hybridized carbons (Fsp3) is 0.533. The predicted octanol–water partition coefficient (Wildman–Crippen LogP) is 1.09. The molecule has 0 saturated carbocycles. The summed E-state index contributed by atoms with van der Waals surface area (Å²) in [7, 11) is -3.09. The third-order valence-electron chi connectivity index (χ3n) is 4.39. The number of carbonyl (C=O) groups excluding carboxylic acids is 1. The smallest absolute Gasteiger partial charge is 0.224 e. The fourth-order valence-electron chi connectivity index (χ4n) is 3.16. The zero-order valence-corrected chi connectivity index (χ0v) is 13.3. The van der Waals surface area contributed by atoms with Gasteiger partial charge in [-0.1, -0.05) is 0 Å². The summed E-state index contributed by atoms with van der Waals surface area (Å²) < 4.78 is 49.6. The molecular weight excluding hydrogens is 326 g/mol. The number of halogens is 2. The van der Waals surface area contributed by atoms with Gasteiger partial charge in [-0.2, -0.15) is 0 Å². The number of hydrogen-bond donors (Lipinski definition) is 1.